The summed E-state index contributed by atoms with van der Waals surface area (Å²) in [4.78, 5) is 0. The van der Waals surface area contributed by atoms with Gasteiger partial charge in [0.15, 0.2) is 0 Å². The molecule has 2 N–H and O–H groups in total. The van der Waals surface area contributed by atoms with Crippen LogP contribution in [-0.4, -0.2) is 6.61 Å². The molecule has 1 aromatic carbocycles. The van der Waals surface area contributed by atoms with Gasteiger partial charge in [-0.1, -0.05) is 12.1 Å². The first-order chi connectivity index (χ1) is 8.25. The fourth-order valence-corrected chi connectivity index (χ4v) is 2.30. The summed E-state index contributed by atoms with van der Waals surface area (Å²) < 4.78 is 10.8. The molecule has 1 aliphatic rings. The molecular weight excluding hydrogens is 214 g/mol. The Kier molecular flexibility index (Phi) is 2.41. The Morgan fingerprint density at radius 2 is 2.18 bits per heavy atom. The minimum absolute atomic E-state index is 0.125. The van der Waals surface area contributed by atoms with Crippen molar-refractivity contribution in [3.05, 3.63) is 53.0 Å². The monoisotopic (exact) mass is 229 g/mol. The number of benzene rings is 1. The Bertz CT molecular complexity index is 545. The Morgan fingerprint density at radius 1 is 1.29 bits per heavy atom. The molecule has 0 saturated heterocycles. The molecule has 3 rings (SSSR count). The SMILES string of the molecule is Cc1occc1C(N)c1ccc2c(c1)CCO2. The molecule has 88 valence electrons. The lowest BCUT2D eigenvalue weighted by Crippen LogP contribution is -2.12. The number of aryl methyl sites for hydroxylation is 1. The summed E-state index contributed by atoms with van der Waals surface area (Å²) in [7, 11) is 0. The van der Waals surface area contributed by atoms with Gasteiger partial charge < -0.3 is 14.9 Å². The number of rotatable bonds is 2. The van der Waals surface area contributed by atoms with Gasteiger partial charge in [-0.25, -0.2) is 0 Å². The maximum absolute atomic E-state index is 6.25. The van der Waals surface area contributed by atoms with Crippen LogP contribution in [0.2, 0.25) is 0 Å². The number of ether oxygens (including phenoxy) is 1. The quantitative estimate of drug-likeness (QED) is 0.861. The Morgan fingerprint density at radius 3 is 2.94 bits per heavy atom. The van der Waals surface area contributed by atoms with Crippen LogP contribution in [0.4, 0.5) is 0 Å². The van der Waals surface area contributed by atoms with Crippen LogP contribution in [0.15, 0.2) is 34.9 Å². The zero-order valence-electron chi connectivity index (χ0n) is 9.77. The van der Waals surface area contributed by atoms with Gasteiger partial charge >= 0.3 is 0 Å². The normalized spacial score (nSPS) is 15.4. The summed E-state index contributed by atoms with van der Waals surface area (Å²) in [6, 6.07) is 7.98. The standard InChI is InChI=1S/C14H15NO2/c1-9-12(5-7-16-9)14(15)11-2-3-13-10(8-11)4-6-17-13/h2-3,5,7-8,14H,4,6,15H2,1H3. The van der Waals surface area contributed by atoms with Gasteiger partial charge in [0.25, 0.3) is 0 Å². The molecule has 0 radical (unpaired) electrons. The van der Waals surface area contributed by atoms with E-state index in [4.69, 9.17) is 14.9 Å². The van der Waals surface area contributed by atoms with Gasteiger partial charge in [-0.3, -0.25) is 0 Å². The number of hydrogen-bond acceptors (Lipinski definition) is 3. The second-order valence-electron chi connectivity index (χ2n) is 4.38. The lowest BCUT2D eigenvalue weighted by molar-refractivity contribution is 0.357. The predicted molar refractivity (Wildman–Crippen MR) is 65.1 cm³/mol. The molecule has 0 aliphatic carbocycles. The van der Waals surface area contributed by atoms with E-state index in [0.717, 1.165) is 35.7 Å². The van der Waals surface area contributed by atoms with Crippen LogP contribution < -0.4 is 10.5 Å². The third-order valence-electron chi connectivity index (χ3n) is 3.31. The van der Waals surface area contributed by atoms with Crippen LogP contribution in [0.3, 0.4) is 0 Å². The molecule has 17 heavy (non-hydrogen) atoms. The third-order valence-corrected chi connectivity index (χ3v) is 3.31. The second-order valence-corrected chi connectivity index (χ2v) is 4.38. The number of nitrogens with two attached hydrogens (primary N) is 1. The van der Waals surface area contributed by atoms with Crippen LogP contribution in [0, 0.1) is 6.92 Å². The fraction of sp³-hybridized carbons (Fsp3) is 0.286. The third kappa shape index (κ3) is 1.72. The van der Waals surface area contributed by atoms with Crippen molar-refractivity contribution in [3.8, 4) is 5.75 Å². The lowest BCUT2D eigenvalue weighted by Gasteiger charge is -2.12. The molecule has 0 saturated carbocycles. The van der Waals surface area contributed by atoms with Crippen molar-refractivity contribution in [3.63, 3.8) is 0 Å². The van der Waals surface area contributed by atoms with Gasteiger partial charge in [0.05, 0.1) is 18.9 Å². The van der Waals surface area contributed by atoms with Gasteiger partial charge in [0.2, 0.25) is 0 Å². The molecular formula is C14H15NO2. The van der Waals surface area contributed by atoms with Crippen molar-refractivity contribution < 1.29 is 9.15 Å². The van der Waals surface area contributed by atoms with E-state index in [0.29, 0.717) is 0 Å². The highest BCUT2D eigenvalue weighted by Crippen LogP contribution is 2.30. The molecule has 0 spiro atoms. The minimum atomic E-state index is -0.125. The molecule has 0 bridgehead atoms. The zero-order chi connectivity index (χ0) is 11.8. The van der Waals surface area contributed by atoms with Gasteiger partial charge in [-0.15, -0.1) is 0 Å². The summed E-state index contributed by atoms with van der Waals surface area (Å²) in [6.07, 6.45) is 2.65. The molecule has 3 nitrogen and oxygen atoms in total. The van der Waals surface area contributed by atoms with Crippen molar-refractivity contribution >= 4 is 0 Å². The van der Waals surface area contributed by atoms with E-state index in [1.165, 1.54) is 5.56 Å². The summed E-state index contributed by atoms with van der Waals surface area (Å²) >= 11 is 0. The van der Waals surface area contributed by atoms with E-state index >= 15 is 0 Å². The average Bonchev–Trinajstić information content (AvgIpc) is 2.95. The number of fused-ring (bicyclic) bond motifs is 1. The highest BCUT2D eigenvalue weighted by atomic mass is 16.5. The first kappa shape index (κ1) is 10.4. The van der Waals surface area contributed by atoms with E-state index in [1.807, 2.05) is 25.1 Å². The lowest BCUT2D eigenvalue weighted by atomic mass is 9.98. The van der Waals surface area contributed by atoms with E-state index in [2.05, 4.69) is 6.07 Å². The minimum Gasteiger partial charge on any atom is -0.493 e. The van der Waals surface area contributed by atoms with Gasteiger partial charge in [0, 0.05) is 12.0 Å². The van der Waals surface area contributed by atoms with Gasteiger partial charge in [-0.2, -0.15) is 0 Å². The van der Waals surface area contributed by atoms with Crippen LogP contribution in [0.5, 0.6) is 5.75 Å². The van der Waals surface area contributed by atoms with Crippen LogP contribution in [0.25, 0.3) is 0 Å². The van der Waals surface area contributed by atoms with Crippen LogP contribution >= 0.6 is 0 Å². The summed E-state index contributed by atoms with van der Waals surface area (Å²) in [5.41, 5.74) is 9.66. The molecule has 0 amide bonds. The molecule has 3 heteroatoms. The van der Waals surface area contributed by atoms with Gasteiger partial charge in [-0.05, 0) is 30.2 Å². The van der Waals surface area contributed by atoms with E-state index in [9.17, 15) is 0 Å². The van der Waals surface area contributed by atoms with Crippen LogP contribution in [0.1, 0.15) is 28.5 Å². The second kappa shape index (κ2) is 3.93. The zero-order valence-corrected chi connectivity index (χ0v) is 9.77. The molecule has 1 unspecified atom stereocenters. The Balaban J connectivity index is 1.97. The largest absolute Gasteiger partial charge is 0.493 e. The van der Waals surface area contributed by atoms with Crippen LogP contribution in [-0.2, 0) is 6.42 Å². The Hall–Kier alpha value is -1.74. The summed E-state index contributed by atoms with van der Waals surface area (Å²) in [5.74, 6) is 1.87. The van der Waals surface area contributed by atoms with E-state index in [1.54, 1.807) is 6.26 Å². The molecule has 2 heterocycles. The smallest absolute Gasteiger partial charge is 0.122 e. The van der Waals surface area contributed by atoms with Crippen molar-refractivity contribution in [1.29, 1.82) is 0 Å². The first-order valence-corrected chi connectivity index (χ1v) is 5.81. The number of furan rings is 1. The maximum Gasteiger partial charge on any atom is 0.122 e. The molecule has 0 fully saturated rings. The Labute approximate surface area is 100 Å². The highest BCUT2D eigenvalue weighted by molar-refractivity contribution is 5.43. The highest BCUT2D eigenvalue weighted by Gasteiger charge is 2.17. The summed E-state index contributed by atoms with van der Waals surface area (Å²) in [5, 5.41) is 0. The summed E-state index contributed by atoms with van der Waals surface area (Å²) in [6.45, 7) is 2.71. The van der Waals surface area contributed by atoms with Crippen molar-refractivity contribution in [2.75, 3.05) is 6.61 Å². The number of hydrogen-bond donors (Lipinski definition) is 1. The van der Waals surface area contributed by atoms with Gasteiger partial charge in [0.1, 0.15) is 11.5 Å². The predicted octanol–water partition coefficient (Wildman–Crippen LogP) is 2.57. The van der Waals surface area contributed by atoms with E-state index < -0.39 is 0 Å². The fourth-order valence-electron chi connectivity index (χ4n) is 2.30. The first-order valence-electron chi connectivity index (χ1n) is 5.81. The van der Waals surface area contributed by atoms with Crippen molar-refractivity contribution in [2.45, 2.75) is 19.4 Å². The topological polar surface area (TPSA) is 48.4 Å². The van der Waals surface area contributed by atoms with Crippen molar-refractivity contribution in [1.82, 2.24) is 0 Å². The molecule has 2 aromatic rings. The average molecular weight is 229 g/mol. The van der Waals surface area contributed by atoms with E-state index in [-0.39, 0.29) is 6.04 Å². The van der Waals surface area contributed by atoms with Crippen molar-refractivity contribution in [2.24, 2.45) is 5.73 Å². The molecule has 1 aliphatic heterocycles. The maximum atomic E-state index is 6.25. The molecule has 1 atom stereocenters. The molecule has 1 aromatic heterocycles.